The molecule has 5 heterocycles. The van der Waals surface area contributed by atoms with Crippen LogP contribution in [0.25, 0.3) is 9.69 Å². The highest BCUT2D eigenvalue weighted by molar-refractivity contribution is 14.1. The predicted molar refractivity (Wildman–Crippen MR) is 188 cm³/mol. The minimum absolute atomic E-state index is 0. The van der Waals surface area contributed by atoms with Crippen LogP contribution < -0.4 is 0 Å². The molecule has 12 nitrogen and oxygen atoms in total. The van der Waals surface area contributed by atoms with Crippen LogP contribution in [0.5, 0.6) is 0 Å². The van der Waals surface area contributed by atoms with Crippen molar-refractivity contribution in [1.29, 1.82) is 0 Å². The van der Waals surface area contributed by atoms with Crippen molar-refractivity contribution in [3.63, 3.8) is 0 Å². The first-order valence-electron chi connectivity index (χ1n) is 17.0. The average molecular weight is 793 g/mol. The number of hydrogen-bond acceptors (Lipinski definition) is 10. The lowest BCUT2D eigenvalue weighted by Crippen LogP contribution is -2.51. The van der Waals surface area contributed by atoms with E-state index in [0.717, 1.165) is 56.2 Å². The Kier molecular flexibility index (Phi) is 19.8. The minimum Gasteiger partial charge on any atom is -0.469 e. The fourth-order valence-corrected chi connectivity index (χ4v) is 8.00. The van der Waals surface area contributed by atoms with Gasteiger partial charge in [-0.15, -0.1) is 0 Å². The van der Waals surface area contributed by atoms with Crippen molar-refractivity contribution in [2.24, 2.45) is 0 Å². The lowest BCUT2D eigenvalue weighted by molar-refractivity contribution is -0.182. The van der Waals surface area contributed by atoms with Crippen molar-refractivity contribution in [3.8, 4) is 0 Å². The van der Waals surface area contributed by atoms with E-state index in [0.29, 0.717) is 51.6 Å². The first-order chi connectivity index (χ1) is 22.8. The van der Waals surface area contributed by atoms with Gasteiger partial charge in [0.25, 0.3) is 0 Å². The maximum atomic E-state index is 11.3. The van der Waals surface area contributed by atoms with E-state index in [1.165, 1.54) is 27.1 Å². The number of methoxy groups -OCH3 is 2. The standard InChI is InChI=1S/C15H22INO4.C15H23NO5.C4H8O.CH4/c1-17-8-7-11-3-5-13-15(10-16,21-11)9-12(20-13)4-6-14(18)19-2;1-16-8-7-11-3-5-13-15(10-17,21-11)9-12(20-13)4-6-14(18)19-2;1-2-4-5-3-1;/h11-13H,3-10H2,2H3;11-13,17H,3-10H2,2H3;1-4H2;1H4/t2*11-,12+,13+,15-;;/m11../s1. The predicted octanol–water partition coefficient (Wildman–Crippen LogP) is 5.51. The molecule has 1 N–H and O–H groups in total. The van der Waals surface area contributed by atoms with Crippen LogP contribution in [0.1, 0.15) is 97.3 Å². The fourth-order valence-electron chi connectivity index (χ4n) is 7.02. The molecule has 0 aliphatic carbocycles. The van der Waals surface area contributed by atoms with Gasteiger partial charge in [-0.2, -0.15) is 0 Å². The lowest BCUT2D eigenvalue weighted by Gasteiger charge is -2.40. The minimum atomic E-state index is -0.661. The Morgan fingerprint density at radius 1 is 0.771 bits per heavy atom. The summed E-state index contributed by atoms with van der Waals surface area (Å²) < 4.78 is 39.6. The largest absolute Gasteiger partial charge is 0.469 e. The smallest absolute Gasteiger partial charge is 0.305 e. The molecule has 0 aromatic rings. The second kappa shape index (κ2) is 22.3. The molecule has 5 rings (SSSR count). The average Bonchev–Trinajstić information content (AvgIpc) is 3.88. The molecule has 0 saturated carbocycles. The van der Waals surface area contributed by atoms with E-state index in [-0.39, 0.29) is 68.2 Å². The number of aliphatic hydroxyl groups is 1. The second-order valence-electron chi connectivity index (χ2n) is 12.8. The number of carbonyl (C=O) groups is 2. The normalized spacial score (nSPS) is 33.1. The monoisotopic (exact) mass is 792 g/mol. The topological polar surface area (TPSA) is 128 Å². The molecule has 274 valence electrons. The van der Waals surface area contributed by atoms with Crippen molar-refractivity contribution >= 4 is 34.5 Å². The van der Waals surface area contributed by atoms with Gasteiger partial charge in [0.15, 0.2) is 0 Å². The molecule has 13 heteroatoms. The van der Waals surface area contributed by atoms with Crippen LogP contribution in [0.15, 0.2) is 0 Å². The Morgan fingerprint density at radius 2 is 1.23 bits per heavy atom. The van der Waals surface area contributed by atoms with Crippen LogP contribution in [0.2, 0.25) is 0 Å². The van der Waals surface area contributed by atoms with E-state index < -0.39 is 5.60 Å². The molecule has 0 radical (unpaired) electrons. The molecule has 0 aromatic heterocycles. The van der Waals surface area contributed by atoms with Gasteiger partial charge in [-0.05, 0) is 51.4 Å². The van der Waals surface area contributed by atoms with Gasteiger partial charge in [-0.1, -0.05) is 30.0 Å². The van der Waals surface area contributed by atoms with E-state index in [4.69, 9.17) is 36.8 Å². The van der Waals surface area contributed by atoms with Gasteiger partial charge >= 0.3 is 11.9 Å². The Labute approximate surface area is 301 Å². The number of alkyl halides is 1. The molecule has 0 amide bonds. The molecule has 48 heavy (non-hydrogen) atoms. The summed E-state index contributed by atoms with van der Waals surface area (Å²) >= 11 is 2.36. The molecule has 0 unspecified atom stereocenters. The molecule has 8 atom stereocenters. The summed E-state index contributed by atoms with van der Waals surface area (Å²) in [6, 6.07) is 0. The summed E-state index contributed by atoms with van der Waals surface area (Å²) in [6.45, 7) is 16.7. The molecular weight excluding hydrogens is 735 g/mol. The zero-order valence-electron chi connectivity index (χ0n) is 28.0. The summed E-state index contributed by atoms with van der Waals surface area (Å²) in [5.41, 5.74) is -0.891. The Hall–Kier alpha value is -1.59. The van der Waals surface area contributed by atoms with Crippen LogP contribution in [-0.4, -0.2) is 116 Å². The van der Waals surface area contributed by atoms with Gasteiger partial charge < -0.3 is 48.0 Å². The van der Waals surface area contributed by atoms with Gasteiger partial charge in [0.05, 0.1) is 57.5 Å². The number of halogens is 1. The third-order valence-electron chi connectivity index (χ3n) is 9.58. The van der Waals surface area contributed by atoms with E-state index in [1.54, 1.807) is 0 Å². The summed E-state index contributed by atoms with van der Waals surface area (Å²) in [4.78, 5) is 29.3. The number of esters is 2. The van der Waals surface area contributed by atoms with Crippen LogP contribution in [0.3, 0.4) is 0 Å². The highest BCUT2D eigenvalue weighted by Gasteiger charge is 2.53. The molecule has 0 aromatic carbocycles. The zero-order valence-corrected chi connectivity index (χ0v) is 30.2. The van der Waals surface area contributed by atoms with E-state index in [9.17, 15) is 14.7 Å². The van der Waals surface area contributed by atoms with E-state index in [1.807, 2.05) is 0 Å². The lowest BCUT2D eigenvalue weighted by atomic mass is 9.86. The highest BCUT2D eigenvalue weighted by atomic mass is 127. The zero-order chi connectivity index (χ0) is 34.1. The summed E-state index contributed by atoms with van der Waals surface area (Å²) in [5.74, 6) is -0.435. The van der Waals surface area contributed by atoms with E-state index in [2.05, 4.69) is 41.8 Å². The highest BCUT2D eigenvalue weighted by Crippen LogP contribution is 2.45. The van der Waals surface area contributed by atoms with Gasteiger partial charge in [0.2, 0.25) is 13.1 Å². The van der Waals surface area contributed by atoms with Crippen LogP contribution in [0.4, 0.5) is 0 Å². The molecule has 5 saturated heterocycles. The van der Waals surface area contributed by atoms with Crippen molar-refractivity contribution in [2.45, 2.75) is 145 Å². The van der Waals surface area contributed by atoms with Crippen LogP contribution >= 0.6 is 22.6 Å². The summed E-state index contributed by atoms with van der Waals surface area (Å²) in [7, 11) is 2.78. The SMILES string of the molecule is C.C1CCOC1.[C-]#[N+]CC[C@H]1CC[C@@H]2O[C@@H](CCC(=O)OC)C[C@]2(CI)O1.[C-]#[N+]CC[C@H]1CC[C@@H]2O[C@@H](CCC(=O)OC)C[C@]2(CO)O1. The van der Waals surface area contributed by atoms with Crippen molar-refractivity contribution in [2.75, 3.05) is 51.6 Å². The molecule has 0 spiro atoms. The number of aliphatic hydroxyl groups excluding tert-OH is 1. The van der Waals surface area contributed by atoms with Crippen molar-refractivity contribution < 1.29 is 47.9 Å². The molecule has 5 aliphatic heterocycles. The maximum Gasteiger partial charge on any atom is 0.305 e. The van der Waals surface area contributed by atoms with Crippen molar-refractivity contribution in [1.82, 2.24) is 0 Å². The number of rotatable bonds is 12. The van der Waals surface area contributed by atoms with Gasteiger partial charge in [-0.3, -0.25) is 9.59 Å². The number of fused-ring (bicyclic) bond motifs is 2. The number of hydrogen-bond donors (Lipinski definition) is 1. The first kappa shape index (κ1) is 42.6. The molecule has 5 aliphatic rings. The molecule has 0 bridgehead atoms. The van der Waals surface area contributed by atoms with Crippen LogP contribution in [-0.2, 0) is 42.7 Å². The Balaban J connectivity index is 0.000000285. The first-order valence-corrected chi connectivity index (χ1v) is 18.5. The molecular formula is C35H57IN2O10. The second-order valence-corrected chi connectivity index (χ2v) is 13.6. The van der Waals surface area contributed by atoms with Crippen molar-refractivity contribution in [3.05, 3.63) is 22.8 Å². The maximum absolute atomic E-state index is 11.3. The summed E-state index contributed by atoms with van der Waals surface area (Å²) in [5, 5.41) is 9.78. The number of ether oxygens (including phenoxy) is 7. The molecule has 5 fully saturated rings. The van der Waals surface area contributed by atoms with Crippen LogP contribution in [0, 0.1) is 13.1 Å². The number of nitrogens with zero attached hydrogens (tertiary/aromatic N) is 2. The van der Waals surface area contributed by atoms with Gasteiger partial charge in [0.1, 0.15) is 11.2 Å². The Morgan fingerprint density at radius 3 is 1.62 bits per heavy atom. The van der Waals surface area contributed by atoms with Gasteiger partial charge in [-0.25, -0.2) is 13.1 Å². The Bertz CT molecular complexity index is 966. The third-order valence-corrected chi connectivity index (χ3v) is 10.9. The number of carbonyl (C=O) groups excluding carboxylic acids is 2. The third kappa shape index (κ3) is 12.6. The summed E-state index contributed by atoms with van der Waals surface area (Å²) in [6.07, 6.45) is 11.3. The van der Waals surface area contributed by atoms with E-state index >= 15 is 0 Å². The fraction of sp³-hybridized carbons (Fsp3) is 0.886. The quantitative estimate of drug-likeness (QED) is 0.117. The van der Waals surface area contributed by atoms with Gasteiger partial charge in [0, 0.05) is 56.2 Å².